The number of amides is 1. The fourth-order valence-corrected chi connectivity index (χ4v) is 2.92. The van der Waals surface area contributed by atoms with Crippen molar-refractivity contribution in [3.8, 4) is 11.5 Å². The predicted octanol–water partition coefficient (Wildman–Crippen LogP) is 3.11. The second-order valence-corrected chi connectivity index (χ2v) is 7.08. The van der Waals surface area contributed by atoms with Gasteiger partial charge in [-0.15, -0.1) is 10.2 Å². The number of aryl methyl sites for hydroxylation is 2. The molecule has 116 valence electrons. The number of aromatic nitrogens is 2. The molecule has 5 nitrogen and oxygen atoms in total. The number of hydrogen-bond donors (Lipinski definition) is 1. The Bertz CT molecular complexity index is 674. The van der Waals surface area contributed by atoms with Gasteiger partial charge in [0, 0.05) is 11.6 Å². The summed E-state index contributed by atoms with van der Waals surface area (Å²) in [7, 11) is 0. The first-order valence-corrected chi connectivity index (χ1v) is 8.28. The monoisotopic (exact) mass is 317 g/mol. The van der Waals surface area contributed by atoms with Gasteiger partial charge in [-0.3, -0.25) is 4.79 Å². The molecule has 1 heterocycles. The van der Waals surface area contributed by atoms with Crippen LogP contribution in [0, 0.1) is 13.8 Å². The number of carbonyl (C=O) groups excluding carboxylic acids is 1. The topological polar surface area (TPSA) is 68.0 Å². The van der Waals surface area contributed by atoms with Gasteiger partial charge in [0.1, 0.15) is 0 Å². The average Bonchev–Trinajstić information content (AvgIpc) is 3.13. The minimum atomic E-state index is -0.242. The van der Waals surface area contributed by atoms with Crippen LogP contribution in [0.5, 0.6) is 0 Å². The first-order valence-electron chi connectivity index (χ1n) is 7.40. The van der Waals surface area contributed by atoms with Gasteiger partial charge in [0.05, 0.1) is 5.25 Å². The van der Waals surface area contributed by atoms with Gasteiger partial charge < -0.3 is 9.73 Å². The van der Waals surface area contributed by atoms with Crippen molar-refractivity contribution in [2.24, 2.45) is 0 Å². The van der Waals surface area contributed by atoms with Gasteiger partial charge in [-0.25, -0.2) is 0 Å². The summed E-state index contributed by atoms with van der Waals surface area (Å²) in [6.45, 7) is 5.92. The van der Waals surface area contributed by atoms with Crippen LogP contribution in [0.2, 0.25) is 0 Å². The predicted molar refractivity (Wildman–Crippen MR) is 85.7 cm³/mol. The third-order valence-corrected chi connectivity index (χ3v) is 4.38. The lowest BCUT2D eigenvalue weighted by Gasteiger charge is -2.08. The highest BCUT2D eigenvalue weighted by molar-refractivity contribution is 8.00. The largest absolute Gasteiger partial charge is 0.411 e. The average molecular weight is 317 g/mol. The zero-order valence-electron chi connectivity index (χ0n) is 12.9. The van der Waals surface area contributed by atoms with E-state index in [1.165, 1.54) is 11.8 Å². The first-order chi connectivity index (χ1) is 10.5. The Kier molecular flexibility index (Phi) is 4.20. The van der Waals surface area contributed by atoms with Crippen molar-refractivity contribution in [1.29, 1.82) is 0 Å². The Morgan fingerprint density at radius 1 is 1.27 bits per heavy atom. The van der Waals surface area contributed by atoms with E-state index in [1.54, 1.807) is 0 Å². The van der Waals surface area contributed by atoms with Crippen molar-refractivity contribution < 1.29 is 9.21 Å². The Balaban J connectivity index is 1.68. The van der Waals surface area contributed by atoms with Gasteiger partial charge in [0.15, 0.2) is 0 Å². The molecule has 1 aromatic carbocycles. The Hall–Kier alpha value is -1.82. The molecule has 6 heteroatoms. The molecule has 3 rings (SSSR count). The van der Waals surface area contributed by atoms with Crippen molar-refractivity contribution >= 4 is 17.7 Å². The Labute approximate surface area is 133 Å². The number of nitrogens with zero attached hydrogens (tertiary/aromatic N) is 2. The molecule has 0 radical (unpaired) electrons. The number of rotatable bonds is 5. The minimum absolute atomic E-state index is 0.0265. The third-order valence-electron chi connectivity index (χ3n) is 3.45. The van der Waals surface area contributed by atoms with Crippen LogP contribution in [0.1, 0.15) is 30.9 Å². The molecule has 1 aromatic heterocycles. The number of thioether (sulfide) groups is 1. The lowest BCUT2D eigenvalue weighted by molar-refractivity contribution is -0.120. The molecule has 1 fully saturated rings. The zero-order chi connectivity index (χ0) is 15.7. The smallest absolute Gasteiger partial charge is 0.277 e. The normalized spacial score (nSPS) is 15.6. The van der Waals surface area contributed by atoms with E-state index in [0.717, 1.165) is 29.5 Å². The number of hydrogen-bond acceptors (Lipinski definition) is 5. The highest BCUT2D eigenvalue weighted by Gasteiger charge is 2.27. The summed E-state index contributed by atoms with van der Waals surface area (Å²) in [5.74, 6) is 0.516. The van der Waals surface area contributed by atoms with Crippen molar-refractivity contribution in [1.82, 2.24) is 15.5 Å². The lowest BCUT2D eigenvalue weighted by atomic mass is 10.1. The summed E-state index contributed by atoms with van der Waals surface area (Å²) in [6, 6.07) is 6.49. The van der Waals surface area contributed by atoms with Crippen LogP contribution < -0.4 is 5.32 Å². The summed E-state index contributed by atoms with van der Waals surface area (Å²) in [6.07, 6.45) is 2.17. The van der Waals surface area contributed by atoms with E-state index in [9.17, 15) is 4.79 Å². The van der Waals surface area contributed by atoms with Crippen molar-refractivity contribution in [2.45, 2.75) is 50.1 Å². The van der Waals surface area contributed by atoms with Gasteiger partial charge in [0.25, 0.3) is 5.22 Å². The third kappa shape index (κ3) is 3.68. The maximum Gasteiger partial charge on any atom is 0.277 e. The molecule has 22 heavy (non-hydrogen) atoms. The van der Waals surface area contributed by atoms with E-state index >= 15 is 0 Å². The second-order valence-electron chi connectivity index (χ2n) is 5.79. The van der Waals surface area contributed by atoms with E-state index in [1.807, 2.05) is 32.9 Å². The van der Waals surface area contributed by atoms with E-state index < -0.39 is 0 Å². The van der Waals surface area contributed by atoms with Crippen LogP contribution in [0.25, 0.3) is 11.5 Å². The Morgan fingerprint density at radius 3 is 2.59 bits per heavy atom. The first kappa shape index (κ1) is 15.1. The SMILES string of the molecule is Cc1cc(C)cc(-c2nnc(S[C@@H](C)C(=O)NC3CC3)o2)c1. The molecule has 1 atom stereocenters. The molecule has 0 bridgehead atoms. The molecule has 1 aliphatic carbocycles. The number of carbonyl (C=O) groups is 1. The molecule has 0 unspecified atom stereocenters. The lowest BCUT2D eigenvalue weighted by Crippen LogP contribution is -2.32. The Morgan fingerprint density at radius 2 is 1.95 bits per heavy atom. The molecular weight excluding hydrogens is 298 g/mol. The van der Waals surface area contributed by atoms with Crippen LogP contribution >= 0.6 is 11.8 Å². The van der Waals surface area contributed by atoms with E-state index in [0.29, 0.717) is 17.2 Å². The van der Waals surface area contributed by atoms with Crippen molar-refractivity contribution in [3.05, 3.63) is 29.3 Å². The molecule has 1 amide bonds. The van der Waals surface area contributed by atoms with Gasteiger partial charge in [-0.2, -0.15) is 0 Å². The highest BCUT2D eigenvalue weighted by atomic mass is 32.2. The van der Waals surface area contributed by atoms with Crippen LogP contribution in [0.4, 0.5) is 0 Å². The van der Waals surface area contributed by atoms with E-state index in [2.05, 4.69) is 21.6 Å². The van der Waals surface area contributed by atoms with Crippen LogP contribution in [0.3, 0.4) is 0 Å². The van der Waals surface area contributed by atoms with E-state index in [-0.39, 0.29) is 11.2 Å². The van der Waals surface area contributed by atoms with Gasteiger partial charge >= 0.3 is 0 Å². The van der Waals surface area contributed by atoms with Gasteiger partial charge in [0.2, 0.25) is 11.8 Å². The van der Waals surface area contributed by atoms with Gasteiger partial charge in [-0.05, 0) is 45.7 Å². The van der Waals surface area contributed by atoms with Crippen molar-refractivity contribution in [2.75, 3.05) is 0 Å². The molecule has 2 aromatic rings. The fraction of sp³-hybridized carbons (Fsp3) is 0.438. The molecule has 0 aliphatic heterocycles. The van der Waals surface area contributed by atoms with Crippen LogP contribution in [0.15, 0.2) is 27.8 Å². The molecule has 1 saturated carbocycles. The minimum Gasteiger partial charge on any atom is -0.411 e. The summed E-state index contributed by atoms with van der Waals surface area (Å²) in [4.78, 5) is 11.9. The van der Waals surface area contributed by atoms with E-state index in [4.69, 9.17) is 4.42 Å². The van der Waals surface area contributed by atoms with Gasteiger partial charge in [-0.1, -0.05) is 29.0 Å². The number of benzene rings is 1. The molecule has 0 saturated heterocycles. The summed E-state index contributed by atoms with van der Waals surface area (Å²) in [5, 5.41) is 11.3. The molecule has 1 aliphatic rings. The maximum absolute atomic E-state index is 11.9. The summed E-state index contributed by atoms with van der Waals surface area (Å²) < 4.78 is 5.68. The quantitative estimate of drug-likeness (QED) is 0.858. The fourth-order valence-electron chi connectivity index (χ4n) is 2.22. The zero-order valence-corrected chi connectivity index (χ0v) is 13.7. The molecule has 0 spiro atoms. The molecule has 1 N–H and O–H groups in total. The number of nitrogens with one attached hydrogen (secondary N) is 1. The van der Waals surface area contributed by atoms with Crippen LogP contribution in [-0.2, 0) is 4.79 Å². The van der Waals surface area contributed by atoms with Crippen LogP contribution in [-0.4, -0.2) is 27.4 Å². The highest BCUT2D eigenvalue weighted by Crippen LogP contribution is 2.28. The maximum atomic E-state index is 11.9. The second kappa shape index (κ2) is 6.12. The van der Waals surface area contributed by atoms with Crippen molar-refractivity contribution in [3.63, 3.8) is 0 Å². The molecular formula is C16H19N3O2S. The summed E-state index contributed by atoms with van der Waals surface area (Å²) >= 11 is 1.29. The standard InChI is InChI=1S/C16H19N3O2S/c1-9-6-10(2)8-12(7-9)15-18-19-16(21-15)22-11(3)14(20)17-13-4-5-13/h6-8,11,13H,4-5H2,1-3H3,(H,17,20)/t11-/m0/s1. The summed E-state index contributed by atoms with van der Waals surface area (Å²) in [5.41, 5.74) is 3.21.